The number of benzene rings is 1. The Morgan fingerprint density at radius 1 is 1.05 bits per heavy atom. The first-order chi connectivity index (χ1) is 10.0. The van der Waals surface area contributed by atoms with Gasteiger partial charge in [0.15, 0.2) is 0 Å². The topological polar surface area (TPSA) is 77.8 Å². The van der Waals surface area contributed by atoms with Gasteiger partial charge >= 0.3 is 0 Å². The second-order valence-corrected chi connectivity index (χ2v) is 5.71. The van der Waals surface area contributed by atoms with Crippen LogP contribution in [0.25, 0.3) is 22.8 Å². The molecule has 0 bridgehead atoms. The maximum Gasteiger partial charge on any atom is 0.260 e. The molecule has 0 radical (unpaired) electrons. The first-order valence-corrected chi connectivity index (χ1v) is 7.17. The maximum atomic E-state index is 5.98. The summed E-state index contributed by atoms with van der Waals surface area (Å²) in [6.07, 6.45) is 0. The molecule has 3 aromatic rings. The van der Waals surface area contributed by atoms with Gasteiger partial charge in [0.1, 0.15) is 0 Å². The van der Waals surface area contributed by atoms with E-state index in [1.54, 1.807) is 6.07 Å². The molecule has 2 aromatic heterocycles. The monoisotopic (exact) mass is 344 g/mol. The van der Waals surface area contributed by atoms with E-state index in [-0.39, 0.29) is 0 Å². The van der Waals surface area contributed by atoms with E-state index in [1.165, 1.54) is 0 Å². The second kappa shape index (κ2) is 5.29. The number of halogens is 1. The van der Waals surface area contributed by atoms with Crippen LogP contribution in [0.1, 0.15) is 11.4 Å². The van der Waals surface area contributed by atoms with Crippen LogP contribution >= 0.6 is 15.9 Å². The summed E-state index contributed by atoms with van der Waals surface area (Å²) in [5.41, 5.74) is 10.0. The standard InChI is InChI=1S/C15H13BrN4O/c1-8-5-10(6-9(2)18-8)14-19-15(21-20-14)12-4-3-11(16)7-13(12)17/h3-7H,17H2,1-2H3. The van der Waals surface area contributed by atoms with Crippen molar-refractivity contribution in [1.29, 1.82) is 0 Å². The molecule has 106 valence electrons. The zero-order valence-corrected chi connectivity index (χ0v) is 13.2. The van der Waals surface area contributed by atoms with Gasteiger partial charge in [0.2, 0.25) is 5.82 Å². The first kappa shape index (κ1) is 13.8. The van der Waals surface area contributed by atoms with Crippen molar-refractivity contribution in [3.63, 3.8) is 0 Å². The van der Waals surface area contributed by atoms with Crippen LogP contribution in [-0.4, -0.2) is 15.1 Å². The zero-order valence-electron chi connectivity index (χ0n) is 11.6. The Morgan fingerprint density at radius 3 is 2.43 bits per heavy atom. The largest absolute Gasteiger partial charge is 0.398 e. The molecule has 0 saturated heterocycles. The van der Waals surface area contributed by atoms with Crippen molar-refractivity contribution < 1.29 is 4.52 Å². The highest BCUT2D eigenvalue weighted by Gasteiger charge is 2.13. The van der Waals surface area contributed by atoms with Crippen LogP contribution in [0, 0.1) is 13.8 Å². The minimum atomic E-state index is 0.405. The highest BCUT2D eigenvalue weighted by molar-refractivity contribution is 9.10. The number of pyridine rings is 1. The summed E-state index contributed by atoms with van der Waals surface area (Å²) in [6, 6.07) is 9.38. The van der Waals surface area contributed by atoms with Crippen molar-refractivity contribution in [3.8, 4) is 22.8 Å². The van der Waals surface area contributed by atoms with Gasteiger partial charge in [-0.1, -0.05) is 21.1 Å². The van der Waals surface area contributed by atoms with Crippen molar-refractivity contribution in [2.24, 2.45) is 0 Å². The van der Waals surface area contributed by atoms with Gasteiger partial charge in [0.05, 0.1) is 5.56 Å². The van der Waals surface area contributed by atoms with Gasteiger partial charge in [-0.05, 0) is 44.2 Å². The summed E-state index contributed by atoms with van der Waals surface area (Å²) in [4.78, 5) is 8.76. The molecule has 1 aromatic carbocycles. The lowest BCUT2D eigenvalue weighted by Gasteiger charge is -2.00. The summed E-state index contributed by atoms with van der Waals surface area (Å²) < 4.78 is 6.24. The number of aryl methyl sites for hydroxylation is 2. The predicted molar refractivity (Wildman–Crippen MR) is 84.6 cm³/mol. The van der Waals surface area contributed by atoms with Crippen LogP contribution in [0.4, 0.5) is 5.69 Å². The van der Waals surface area contributed by atoms with Gasteiger partial charge in [-0.3, -0.25) is 4.98 Å². The Hall–Kier alpha value is -2.21. The third-order valence-corrected chi connectivity index (χ3v) is 3.50. The summed E-state index contributed by atoms with van der Waals surface area (Å²) in [6.45, 7) is 3.87. The Bertz CT molecular complexity index is 793. The predicted octanol–water partition coefficient (Wildman–Crippen LogP) is 3.76. The molecule has 0 aliphatic rings. The molecule has 6 heteroatoms. The van der Waals surface area contributed by atoms with Crippen LogP contribution in [-0.2, 0) is 0 Å². The van der Waals surface area contributed by atoms with E-state index in [2.05, 4.69) is 31.1 Å². The molecule has 5 nitrogen and oxygen atoms in total. The number of hydrogen-bond acceptors (Lipinski definition) is 5. The van der Waals surface area contributed by atoms with Gasteiger partial charge in [0, 0.05) is 27.1 Å². The third kappa shape index (κ3) is 2.80. The number of nitrogen functional groups attached to an aromatic ring is 1. The number of aromatic nitrogens is 3. The second-order valence-electron chi connectivity index (χ2n) is 4.79. The summed E-state index contributed by atoms with van der Waals surface area (Å²) in [5, 5.41) is 4.03. The number of nitrogens with zero attached hydrogens (tertiary/aromatic N) is 3. The van der Waals surface area contributed by atoms with E-state index in [1.807, 2.05) is 38.1 Å². The number of nitrogens with two attached hydrogens (primary N) is 1. The molecular formula is C15H13BrN4O. The minimum absolute atomic E-state index is 0.405. The van der Waals surface area contributed by atoms with Crippen LogP contribution in [0.15, 0.2) is 39.3 Å². The van der Waals surface area contributed by atoms with Crippen LogP contribution in [0.5, 0.6) is 0 Å². The van der Waals surface area contributed by atoms with E-state index in [0.717, 1.165) is 27.0 Å². The SMILES string of the molecule is Cc1cc(-c2noc(-c3ccc(Br)cc3N)n2)cc(C)n1. The Labute approximate surface area is 130 Å². The average Bonchev–Trinajstić information content (AvgIpc) is 2.87. The molecule has 0 saturated carbocycles. The molecule has 2 N–H and O–H groups in total. The lowest BCUT2D eigenvalue weighted by atomic mass is 10.1. The molecule has 21 heavy (non-hydrogen) atoms. The van der Waals surface area contributed by atoms with E-state index < -0.39 is 0 Å². The zero-order chi connectivity index (χ0) is 15.0. The Kier molecular flexibility index (Phi) is 3.47. The van der Waals surface area contributed by atoms with E-state index >= 15 is 0 Å². The summed E-state index contributed by atoms with van der Waals surface area (Å²) >= 11 is 3.37. The van der Waals surface area contributed by atoms with Gasteiger partial charge < -0.3 is 10.3 Å². The molecule has 0 atom stereocenters. The molecule has 0 unspecified atom stereocenters. The van der Waals surface area contributed by atoms with Gasteiger partial charge in [-0.15, -0.1) is 0 Å². The molecule has 0 fully saturated rings. The number of anilines is 1. The van der Waals surface area contributed by atoms with Crippen LogP contribution in [0.2, 0.25) is 0 Å². The highest BCUT2D eigenvalue weighted by Crippen LogP contribution is 2.29. The number of rotatable bonds is 2. The first-order valence-electron chi connectivity index (χ1n) is 6.38. The minimum Gasteiger partial charge on any atom is -0.398 e. The smallest absolute Gasteiger partial charge is 0.260 e. The Morgan fingerprint density at radius 2 is 1.76 bits per heavy atom. The van der Waals surface area contributed by atoms with Crippen molar-refractivity contribution >= 4 is 21.6 Å². The fourth-order valence-electron chi connectivity index (χ4n) is 2.14. The quantitative estimate of drug-likeness (QED) is 0.716. The highest BCUT2D eigenvalue weighted by atomic mass is 79.9. The van der Waals surface area contributed by atoms with E-state index in [0.29, 0.717) is 17.4 Å². The van der Waals surface area contributed by atoms with Crippen molar-refractivity contribution in [2.75, 3.05) is 5.73 Å². The fourth-order valence-corrected chi connectivity index (χ4v) is 2.52. The number of hydrogen-bond donors (Lipinski definition) is 1. The van der Waals surface area contributed by atoms with E-state index in [4.69, 9.17) is 10.3 Å². The average molecular weight is 345 g/mol. The van der Waals surface area contributed by atoms with Crippen LogP contribution in [0.3, 0.4) is 0 Å². The fraction of sp³-hybridized carbons (Fsp3) is 0.133. The third-order valence-electron chi connectivity index (χ3n) is 3.01. The molecule has 0 aliphatic heterocycles. The van der Waals surface area contributed by atoms with Gasteiger partial charge in [0.25, 0.3) is 5.89 Å². The molecule has 2 heterocycles. The molecule has 0 amide bonds. The molecule has 0 aliphatic carbocycles. The maximum absolute atomic E-state index is 5.98. The molecule has 3 rings (SSSR count). The molecular weight excluding hydrogens is 332 g/mol. The van der Waals surface area contributed by atoms with Gasteiger partial charge in [-0.2, -0.15) is 4.98 Å². The summed E-state index contributed by atoms with van der Waals surface area (Å²) in [7, 11) is 0. The molecule has 0 spiro atoms. The van der Waals surface area contributed by atoms with Crippen molar-refractivity contribution in [2.45, 2.75) is 13.8 Å². The van der Waals surface area contributed by atoms with Crippen LogP contribution < -0.4 is 5.73 Å². The Balaban J connectivity index is 2.03. The lowest BCUT2D eigenvalue weighted by Crippen LogP contribution is -1.91. The summed E-state index contributed by atoms with van der Waals surface area (Å²) in [5.74, 6) is 0.933. The van der Waals surface area contributed by atoms with Crippen molar-refractivity contribution in [1.82, 2.24) is 15.1 Å². The lowest BCUT2D eigenvalue weighted by molar-refractivity contribution is 0.432. The normalized spacial score (nSPS) is 10.8. The van der Waals surface area contributed by atoms with E-state index in [9.17, 15) is 0 Å². The van der Waals surface area contributed by atoms with Gasteiger partial charge in [-0.25, -0.2) is 0 Å². The van der Waals surface area contributed by atoms with Crippen molar-refractivity contribution in [3.05, 3.63) is 46.2 Å².